The molecular weight excluding hydrogens is 268 g/mol. The molecule has 2 N–H and O–H groups in total. The van der Waals surface area contributed by atoms with E-state index >= 15 is 0 Å². The predicted octanol–water partition coefficient (Wildman–Crippen LogP) is 1.50. The van der Waals surface area contributed by atoms with Crippen LogP contribution in [0.15, 0.2) is 11.0 Å². The molecular formula is C16H18N2O3. The van der Waals surface area contributed by atoms with Crippen molar-refractivity contribution < 1.29 is 9.90 Å². The molecule has 0 unspecified atom stereocenters. The Kier molecular flexibility index (Phi) is 3.52. The fraction of sp³-hybridized carbons (Fsp3) is 0.375. The molecule has 5 nitrogen and oxygen atoms in total. The zero-order chi connectivity index (χ0) is 15.9. The highest BCUT2D eigenvalue weighted by molar-refractivity contribution is 6.10. The summed E-state index contributed by atoms with van der Waals surface area (Å²) in [4.78, 5) is 26.6. The number of carbonyl (C=O) groups is 1. The molecule has 110 valence electrons. The van der Waals surface area contributed by atoms with Crippen LogP contribution in [0.3, 0.4) is 0 Å². The van der Waals surface area contributed by atoms with Crippen LogP contribution in [-0.4, -0.2) is 26.0 Å². The van der Waals surface area contributed by atoms with Crippen LogP contribution in [0.1, 0.15) is 42.4 Å². The van der Waals surface area contributed by atoms with Crippen LogP contribution < -0.4 is 5.56 Å². The molecule has 0 saturated carbocycles. The molecule has 2 rings (SSSR count). The number of aryl methyl sites for hydroxylation is 1. The smallest absolute Gasteiger partial charge is 0.272 e. The lowest BCUT2D eigenvalue weighted by atomic mass is 10.0. The summed E-state index contributed by atoms with van der Waals surface area (Å²) in [6, 6.07) is 0. The standard InChI is InChI=1S/C16H18N2O3/c1-9-12(10(2)19)13-11(6-7-16(3,4)21)8-17-15(20)14(13)18(9)5/h8,21H,1-5H3,(H,17,20). The second-order valence-electron chi connectivity index (χ2n) is 5.64. The topological polar surface area (TPSA) is 75.1 Å². The summed E-state index contributed by atoms with van der Waals surface area (Å²) in [6.45, 7) is 6.41. The summed E-state index contributed by atoms with van der Waals surface area (Å²) in [5, 5.41) is 10.3. The zero-order valence-electron chi connectivity index (χ0n) is 12.8. The number of aromatic amines is 1. The van der Waals surface area contributed by atoms with Gasteiger partial charge in [-0.15, -0.1) is 0 Å². The Labute approximate surface area is 122 Å². The highest BCUT2D eigenvalue weighted by Crippen LogP contribution is 2.25. The van der Waals surface area contributed by atoms with Crippen molar-refractivity contribution in [3.8, 4) is 11.8 Å². The summed E-state index contributed by atoms with van der Waals surface area (Å²) < 4.78 is 1.69. The molecule has 21 heavy (non-hydrogen) atoms. The quantitative estimate of drug-likeness (QED) is 0.616. The molecule has 0 radical (unpaired) electrons. The number of nitrogens with zero attached hydrogens (tertiary/aromatic N) is 1. The third-order valence-electron chi connectivity index (χ3n) is 3.37. The van der Waals surface area contributed by atoms with Gasteiger partial charge < -0.3 is 14.7 Å². The van der Waals surface area contributed by atoms with Gasteiger partial charge in [-0.1, -0.05) is 11.8 Å². The number of ketones is 1. The van der Waals surface area contributed by atoms with Gasteiger partial charge in [0.05, 0.1) is 5.56 Å². The van der Waals surface area contributed by atoms with Crippen molar-refractivity contribution in [2.75, 3.05) is 0 Å². The number of pyridine rings is 1. The van der Waals surface area contributed by atoms with Crippen LogP contribution in [0.4, 0.5) is 0 Å². The lowest BCUT2D eigenvalue weighted by molar-refractivity contribution is 0.101. The van der Waals surface area contributed by atoms with E-state index in [0.717, 1.165) is 5.69 Å². The van der Waals surface area contributed by atoms with E-state index in [4.69, 9.17) is 0 Å². The number of hydrogen-bond donors (Lipinski definition) is 2. The Morgan fingerprint density at radius 2 is 2.05 bits per heavy atom. The Hall–Kier alpha value is -2.32. The van der Waals surface area contributed by atoms with Gasteiger partial charge in [-0.3, -0.25) is 9.59 Å². The SMILES string of the molecule is CC(=O)c1c(C)n(C)c2c(=O)[nH]cc(C#CC(C)(C)O)c12. The maximum atomic E-state index is 12.1. The van der Waals surface area contributed by atoms with E-state index in [2.05, 4.69) is 16.8 Å². The lowest BCUT2D eigenvalue weighted by Crippen LogP contribution is -2.15. The fourth-order valence-corrected chi connectivity index (χ4v) is 2.36. The highest BCUT2D eigenvalue weighted by Gasteiger charge is 2.20. The number of hydrogen-bond acceptors (Lipinski definition) is 3. The van der Waals surface area contributed by atoms with E-state index in [0.29, 0.717) is 22.0 Å². The number of Topliss-reactive ketones (excluding diaryl/α,β-unsaturated/α-hetero) is 1. The predicted molar refractivity (Wildman–Crippen MR) is 81.5 cm³/mol. The minimum absolute atomic E-state index is 0.116. The summed E-state index contributed by atoms with van der Waals surface area (Å²) in [6.07, 6.45) is 1.48. The first-order valence-corrected chi connectivity index (χ1v) is 6.60. The third kappa shape index (κ3) is 2.63. The number of rotatable bonds is 1. The van der Waals surface area contributed by atoms with Crippen molar-refractivity contribution in [3.05, 3.63) is 33.4 Å². The molecule has 0 fully saturated rings. The second-order valence-corrected chi connectivity index (χ2v) is 5.64. The van der Waals surface area contributed by atoms with Gasteiger partial charge in [0.1, 0.15) is 11.1 Å². The number of H-pyrrole nitrogens is 1. The van der Waals surface area contributed by atoms with Crippen molar-refractivity contribution in [2.24, 2.45) is 7.05 Å². The Morgan fingerprint density at radius 3 is 2.57 bits per heavy atom. The van der Waals surface area contributed by atoms with Crippen molar-refractivity contribution in [1.29, 1.82) is 0 Å². The average Bonchev–Trinajstić information content (AvgIpc) is 2.61. The summed E-state index contributed by atoms with van der Waals surface area (Å²) in [5.41, 5.74) is 0.750. The molecule has 0 aromatic carbocycles. The first-order valence-electron chi connectivity index (χ1n) is 6.60. The Morgan fingerprint density at radius 1 is 1.43 bits per heavy atom. The van der Waals surface area contributed by atoms with Crippen LogP contribution in [0.5, 0.6) is 0 Å². The van der Waals surface area contributed by atoms with Crippen LogP contribution in [0, 0.1) is 18.8 Å². The van der Waals surface area contributed by atoms with Gasteiger partial charge in [0, 0.05) is 29.9 Å². The summed E-state index contributed by atoms with van der Waals surface area (Å²) >= 11 is 0. The molecule has 2 aromatic heterocycles. The number of aliphatic hydroxyl groups is 1. The number of nitrogens with one attached hydrogen (secondary N) is 1. The average molecular weight is 286 g/mol. The molecule has 0 bridgehead atoms. The normalized spacial score (nSPS) is 11.3. The van der Waals surface area contributed by atoms with Crippen molar-refractivity contribution in [1.82, 2.24) is 9.55 Å². The molecule has 0 aliphatic carbocycles. The van der Waals surface area contributed by atoms with Gasteiger partial charge in [-0.2, -0.15) is 0 Å². The molecule has 0 aliphatic rings. The van der Waals surface area contributed by atoms with Gasteiger partial charge >= 0.3 is 0 Å². The van der Waals surface area contributed by atoms with Gasteiger partial charge in [0.2, 0.25) is 0 Å². The largest absolute Gasteiger partial charge is 0.378 e. The van der Waals surface area contributed by atoms with Gasteiger partial charge in [0.15, 0.2) is 5.78 Å². The number of carbonyl (C=O) groups excluding carboxylic acids is 1. The maximum absolute atomic E-state index is 12.1. The monoisotopic (exact) mass is 286 g/mol. The van der Waals surface area contributed by atoms with Crippen LogP contribution >= 0.6 is 0 Å². The molecule has 0 aliphatic heterocycles. The molecule has 5 heteroatoms. The van der Waals surface area contributed by atoms with Crippen LogP contribution in [-0.2, 0) is 7.05 Å². The van der Waals surface area contributed by atoms with Gasteiger partial charge in [0.25, 0.3) is 5.56 Å². The van der Waals surface area contributed by atoms with Crippen molar-refractivity contribution >= 4 is 16.7 Å². The van der Waals surface area contributed by atoms with E-state index in [-0.39, 0.29) is 11.3 Å². The first kappa shape index (κ1) is 15.1. The number of fused-ring (bicyclic) bond motifs is 1. The molecule has 0 amide bonds. The van der Waals surface area contributed by atoms with E-state index < -0.39 is 5.60 Å². The van der Waals surface area contributed by atoms with Crippen molar-refractivity contribution in [3.63, 3.8) is 0 Å². The van der Waals surface area contributed by atoms with Crippen molar-refractivity contribution in [2.45, 2.75) is 33.3 Å². The van der Waals surface area contributed by atoms with E-state index in [1.54, 1.807) is 32.4 Å². The van der Waals surface area contributed by atoms with Crippen LogP contribution in [0.25, 0.3) is 10.9 Å². The molecule has 2 heterocycles. The van der Waals surface area contributed by atoms with Crippen LogP contribution in [0.2, 0.25) is 0 Å². The molecule has 2 aromatic rings. The van der Waals surface area contributed by atoms with E-state index in [9.17, 15) is 14.7 Å². The third-order valence-corrected chi connectivity index (χ3v) is 3.37. The first-order chi connectivity index (χ1) is 9.63. The molecule has 0 spiro atoms. The summed E-state index contributed by atoms with van der Waals surface area (Å²) in [5.74, 6) is 5.45. The number of aromatic nitrogens is 2. The zero-order valence-corrected chi connectivity index (χ0v) is 12.8. The Bertz CT molecular complexity index is 852. The second kappa shape index (κ2) is 4.90. The van der Waals surface area contributed by atoms with E-state index in [1.807, 2.05) is 0 Å². The maximum Gasteiger partial charge on any atom is 0.272 e. The van der Waals surface area contributed by atoms with Gasteiger partial charge in [-0.25, -0.2) is 0 Å². The van der Waals surface area contributed by atoms with E-state index in [1.165, 1.54) is 13.1 Å². The minimum Gasteiger partial charge on any atom is -0.378 e. The fourth-order valence-electron chi connectivity index (χ4n) is 2.36. The van der Waals surface area contributed by atoms with Gasteiger partial charge in [-0.05, 0) is 27.7 Å². The summed E-state index contributed by atoms with van der Waals surface area (Å²) in [7, 11) is 1.74. The highest BCUT2D eigenvalue weighted by atomic mass is 16.3. The lowest BCUT2D eigenvalue weighted by Gasteiger charge is -2.06. The molecule has 0 atom stereocenters. The minimum atomic E-state index is -1.15. The Balaban J connectivity index is 2.95. The molecule has 0 saturated heterocycles.